The largest absolute Gasteiger partial charge is 0.336 e. The number of para-hydroxylation sites is 1. The van der Waals surface area contributed by atoms with Gasteiger partial charge in [0.05, 0.1) is 0 Å². The van der Waals surface area contributed by atoms with Gasteiger partial charge in [0.15, 0.2) is 0 Å². The molecule has 1 aliphatic carbocycles. The van der Waals surface area contributed by atoms with Gasteiger partial charge < -0.3 is 4.90 Å². The molecule has 34 heavy (non-hydrogen) atoms. The molecule has 4 aromatic carbocycles. The van der Waals surface area contributed by atoms with Crippen LogP contribution in [0.3, 0.4) is 0 Å². The lowest BCUT2D eigenvalue weighted by Gasteiger charge is -2.40. The van der Waals surface area contributed by atoms with Crippen LogP contribution in [0.5, 0.6) is 0 Å². The van der Waals surface area contributed by atoms with Crippen LogP contribution in [0.25, 0.3) is 22.3 Å². The number of hydrogen-bond acceptors (Lipinski definition) is 1. The van der Waals surface area contributed by atoms with E-state index in [0.717, 1.165) is 0 Å². The van der Waals surface area contributed by atoms with E-state index in [-0.39, 0.29) is 11.0 Å². The Hall–Kier alpha value is -3.32. The number of fused-ring (bicyclic) bond motifs is 3. The van der Waals surface area contributed by atoms with Gasteiger partial charge in [-0.1, -0.05) is 86.6 Å². The van der Waals surface area contributed by atoms with Crippen molar-refractivity contribution in [2.75, 3.05) is 4.90 Å². The predicted molar refractivity (Wildman–Crippen MR) is 147 cm³/mol. The van der Waals surface area contributed by atoms with Crippen LogP contribution in [0.15, 0.2) is 84.9 Å². The summed E-state index contributed by atoms with van der Waals surface area (Å²) in [6, 6.07) is 31.3. The maximum Gasteiger partial charge on any atom is 0.0451 e. The van der Waals surface area contributed by atoms with Gasteiger partial charge in [0, 0.05) is 22.3 Å². The molecule has 1 aliphatic rings. The minimum absolute atomic E-state index is 0.0338. The van der Waals surface area contributed by atoms with Gasteiger partial charge in [0.25, 0.3) is 0 Å². The summed E-state index contributed by atoms with van der Waals surface area (Å²) in [4.78, 5) is 2.52. The van der Waals surface area contributed by atoms with E-state index in [4.69, 9.17) is 0 Å². The molecule has 0 saturated heterocycles. The second-order valence-electron chi connectivity index (χ2n) is 11.2. The number of hydrogen-bond donors (Lipinski definition) is 0. The standard InChI is InChI=1S/C33H35N/c1-22-14-11-12-19-29(22)34(32(3,4)5)30-21-26-28(20-23(30)2)33(6,7)27-18-13-17-25(31(26)27)24-15-9-8-10-16-24/h8-21H,1-7H3. The summed E-state index contributed by atoms with van der Waals surface area (Å²) in [7, 11) is 0. The first-order valence-electron chi connectivity index (χ1n) is 12.3. The van der Waals surface area contributed by atoms with Crippen LogP contribution in [0.4, 0.5) is 11.4 Å². The number of aryl methyl sites for hydroxylation is 2. The highest BCUT2D eigenvalue weighted by atomic mass is 15.2. The fraction of sp³-hybridized carbons (Fsp3) is 0.273. The molecule has 0 radical (unpaired) electrons. The molecule has 172 valence electrons. The Balaban J connectivity index is 1.81. The summed E-state index contributed by atoms with van der Waals surface area (Å²) in [5.74, 6) is 0. The number of rotatable bonds is 3. The van der Waals surface area contributed by atoms with Gasteiger partial charge in [-0.2, -0.15) is 0 Å². The van der Waals surface area contributed by atoms with Crippen LogP contribution in [0.1, 0.15) is 56.9 Å². The van der Waals surface area contributed by atoms with Crippen molar-refractivity contribution in [3.05, 3.63) is 107 Å². The molecule has 0 fully saturated rings. The summed E-state index contributed by atoms with van der Waals surface area (Å²) in [5, 5.41) is 0. The molecule has 0 bridgehead atoms. The van der Waals surface area contributed by atoms with Crippen LogP contribution in [0, 0.1) is 13.8 Å². The third kappa shape index (κ3) is 3.46. The summed E-state index contributed by atoms with van der Waals surface area (Å²) >= 11 is 0. The van der Waals surface area contributed by atoms with Crippen LogP contribution >= 0.6 is 0 Å². The second kappa shape index (κ2) is 7.87. The quantitative estimate of drug-likeness (QED) is 0.304. The van der Waals surface area contributed by atoms with Gasteiger partial charge in [0.1, 0.15) is 0 Å². The lowest BCUT2D eigenvalue weighted by atomic mass is 9.81. The van der Waals surface area contributed by atoms with E-state index in [9.17, 15) is 0 Å². The van der Waals surface area contributed by atoms with Crippen molar-refractivity contribution < 1.29 is 0 Å². The zero-order chi connectivity index (χ0) is 24.3. The van der Waals surface area contributed by atoms with Gasteiger partial charge in [-0.25, -0.2) is 0 Å². The molecule has 0 saturated carbocycles. The normalized spacial score (nSPS) is 14.0. The van der Waals surface area contributed by atoms with Crippen LogP contribution in [-0.4, -0.2) is 5.54 Å². The Morgan fingerprint density at radius 2 is 1.29 bits per heavy atom. The molecule has 0 aliphatic heterocycles. The van der Waals surface area contributed by atoms with E-state index in [1.54, 1.807) is 0 Å². The molecule has 4 aromatic rings. The van der Waals surface area contributed by atoms with Gasteiger partial charge in [-0.05, 0) is 91.3 Å². The summed E-state index contributed by atoms with van der Waals surface area (Å²) in [6.07, 6.45) is 0. The van der Waals surface area contributed by atoms with E-state index in [1.807, 2.05) is 0 Å². The SMILES string of the molecule is Cc1ccccc1N(c1cc2c(cc1C)C(C)(C)c1cccc(-c3ccccc3)c1-2)C(C)(C)C. The van der Waals surface area contributed by atoms with Crippen molar-refractivity contribution in [3.63, 3.8) is 0 Å². The lowest BCUT2D eigenvalue weighted by Crippen LogP contribution is -2.38. The van der Waals surface area contributed by atoms with Crippen LogP contribution in [0.2, 0.25) is 0 Å². The highest BCUT2D eigenvalue weighted by Gasteiger charge is 2.38. The maximum atomic E-state index is 2.52. The first-order valence-corrected chi connectivity index (χ1v) is 12.3. The average Bonchev–Trinajstić information content (AvgIpc) is 3.02. The summed E-state index contributed by atoms with van der Waals surface area (Å²) in [5.41, 5.74) is 13.2. The van der Waals surface area contributed by atoms with Crippen LogP contribution < -0.4 is 4.90 Å². The minimum Gasteiger partial charge on any atom is -0.336 e. The van der Waals surface area contributed by atoms with E-state index in [1.165, 1.54) is 55.9 Å². The van der Waals surface area contributed by atoms with E-state index < -0.39 is 0 Å². The molecule has 0 atom stereocenters. The smallest absolute Gasteiger partial charge is 0.0451 e. The van der Waals surface area contributed by atoms with Crippen molar-refractivity contribution >= 4 is 11.4 Å². The van der Waals surface area contributed by atoms with Crippen molar-refractivity contribution in [3.8, 4) is 22.3 Å². The van der Waals surface area contributed by atoms with Gasteiger partial charge in [-0.3, -0.25) is 0 Å². The molecule has 0 heterocycles. The van der Waals surface area contributed by atoms with Gasteiger partial charge in [0.2, 0.25) is 0 Å². The highest BCUT2D eigenvalue weighted by molar-refractivity contribution is 5.94. The lowest BCUT2D eigenvalue weighted by molar-refractivity contribution is 0.558. The van der Waals surface area contributed by atoms with E-state index in [2.05, 4.69) is 138 Å². The van der Waals surface area contributed by atoms with Crippen molar-refractivity contribution in [2.24, 2.45) is 0 Å². The zero-order valence-electron chi connectivity index (χ0n) is 21.5. The topological polar surface area (TPSA) is 3.24 Å². The van der Waals surface area contributed by atoms with Crippen molar-refractivity contribution in [1.29, 1.82) is 0 Å². The Labute approximate surface area is 205 Å². The molecular weight excluding hydrogens is 410 g/mol. The molecule has 5 rings (SSSR count). The molecule has 0 amide bonds. The maximum absolute atomic E-state index is 2.52. The second-order valence-corrected chi connectivity index (χ2v) is 11.2. The molecule has 0 spiro atoms. The summed E-state index contributed by atoms with van der Waals surface area (Å²) in [6.45, 7) is 16.1. The molecule has 1 nitrogen and oxygen atoms in total. The molecule has 0 unspecified atom stereocenters. The Kier molecular flexibility index (Phi) is 5.20. The van der Waals surface area contributed by atoms with Gasteiger partial charge in [-0.15, -0.1) is 0 Å². The van der Waals surface area contributed by atoms with Crippen molar-refractivity contribution in [1.82, 2.24) is 0 Å². The third-order valence-corrected chi connectivity index (χ3v) is 7.37. The molecule has 1 heteroatoms. The fourth-order valence-electron chi connectivity index (χ4n) is 5.69. The van der Waals surface area contributed by atoms with Crippen molar-refractivity contribution in [2.45, 2.75) is 59.4 Å². The Bertz CT molecular complexity index is 1370. The number of nitrogens with zero attached hydrogens (tertiary/aromatic N) is 1. The number of anilines is 2. The zero-order valence-corrected chi connectivity index (χ0v) is 21.5. The molecular formula is C33H35N. The first-order chi connectivity index (χ1) is 16.1. The third-order valence-electron chi connectivity index (χ3n) is 7.37. The minimum atomic E-state index is -0.0684. The Morgan fingerprint density at radius 3 is 1.97 bits per heavy atom. The monoisotopic (exact) mass is 445 g/mol. The average molecular weight is 446 g/mol. The van der Waals surface area contributed by atoms with E-state index in [0.29, 0.717) is 0 Å². The fourth-order valence-corrected chi connectivity index (χ4v) is 5.69. The first kappa shape index (κ1) is 22.5. The van der Waals surface area contributed by atoms with Crippen LogP contribution in [-0.2, 0) is 5.41 Å². The highest BCUT2D eigenvalue weighted by Crippen LogP contribution is 2.54. The predicted octanol–water partition coefficient (Wildman–Crippen LogP) is 9.21. The molecule has 0 aromatic heterocycles. The number of benzene rings is 4. The molecule has 0 N–H and O–H groups in total. The van der Waals surface area contributed by atoms with E-state index >= 15 is 0 Å². The Morgan fingerprint density at radius 1 is 0.618 bits per heavy atom. The summed E-state index contributed by atoms with van der Waals surface area (Å²) < 4.78 is 0. The van der Waals surface area contributed by atoms with Gasteiger partial charge >= 0.3 is 0 Å².